The van der Waals surface area contributed by atoms with E-state index in [0.29, 0.717) is 19.8 Å². The fraction of sp³-hybridized carbons (Fsp3) is 0.579. The SMILES string of the molecule is CCOC(=O)[C@@H]1CCCN(CCO/N=C(\COC)c2ccccc2)C1. The van der Waals surface area contributed by atoms with E-state index >= 15 is 0 Å². The zero-order valence-electron chi connectivity index (χ0n) is 15.1. The Morgan fingerprint density at radius 3 is 2.84 bits per heavy atom. The van der Waals surface area contributed by atoms with Gasteiger partial charge in [-0.15, -0.1) is 0 Å². The molecule has 1 aromatic rings. The Hall–Kier alpha value is -1.92. The number of carbonyl (C=O) groups is 1. The van der Waals surface area contributed by atoms with Gasteiger partial charge in [0, 0.05) is 25.8 Å². The first-order valence-corrected chi connectivity index (χ1v) is 8.86. The van der Waals surface area contributed by atoms with Gasteiger partial charge in [0.1, 0.15) is 12.3 Å². The Labute approximate surface area is 149 Å². The molecule has 138 valence electrons. The molecule has 1 aliphatic heterocycles. The summed E-state index contributed by atoms with van der Waals surface area (Å²) in [6.07, 6.45) is 1.91. The Morgan fingerprint density at radius 1 is 1.32 bits per heavy atom. The van der Waals surface area contributed by atoms with Crippen LogP contribution < -0.4 is 0 Å². The van der Waals surface area contributed by atoms with Crippen LogP contribution in [-0.4, -0.2) is 63.1 Å². The standard InChI is InChI=1S/C19H28N2O4/c1-3-24-19(22)17-10-7-11-21(14-17)12-13-25-20-18(15-23-2)16-8-5-4-6-9-16/h4-6,8-9,17H,3,7,10-15H2,1-2H3/b20-18+/t17-/m1/s1. The van der Waals surface area contributed by atoms with E-state index in [1.807, 2.05) is 37.3 Å². The Bertz CT molecular complexity index is 548. The van der Waals surface area contributed by atoms with E-state index < -0.39 is 0 Å². The lowest BCUT2D eigenvalue weighted by Crippen LogP contribution is -2.40. The molecule has 6 heteroatoms. The largest absolute Gasteiger partial charge is 0.466 e. The highest BCUT2D eigenvalue weighted by atomic mass is 16.6. The van der Waals surface area contributed by atoms with Gasteiger partial charge in [0.05, 0.1) is 19.1 Å². The van der Waals surface area contributed by atoms with Gasteiger partial charge in [-0.3, -0.25) is 9.69 Å². The van der Waals surface area contributed by atoms with Gasteiger partial charge in [0.15, 0.2) is 0 Å². The predicted molar refractivity (Wildman–Crippen MR) is 96.6 cm³/mol. The van der Waals surface area contributed by atoms with Crippen molar-refractivity contribution >= 4 is 11.7 Å². The van der Waals surface area contributed by atoms with Crippen LogP contribution in [0.1, 0.15) is 25.3 Å². The van der Waals surface area contributed by atoms with Gasteiger partial charge >= 0.3 is 5.97 Å². The highest BCUT2D eigenvalue weighted by Gasteiger charge is 2.26. The monoisotopic (exact) mass is 348 g/mol. The maximum Gasteiger partial charge on any atom is 0.310 e. The van der Waals surface area contributed by atoms with Crippen LogP contribution in [0, 0.1) is 5.92 Å². The molecule has 0 amide bonds. The number of hydrogen-bond donors (Lipinski definition) is 0. The molecule has 1 aromatic carbocycles. The maximum absolute atomic E-state index is 11.9. The van der Waals surface area contributed by atoms with Crippen molar-refractivity contribution < 1.29 is 19.1 Å². The maximum atomic E-state index is 11.9. The second-order valence-electron chi connectivity index (χ2n) is 6.06. The van der Waals surface area contributed by atoms with Crippen LogP contribution in [0.25, 0.3) is 0 Å². The third-order valence-electron chi connectivity index (χ3n) is 4.19. The van der Waals surface area contributed by atoms with Crippen LogP contribution in [0.2, 0.25) is 0 Å². The highest BCUT2D eigenvalue weighted by molar-refractivity contribution is 6.01. The summed E-state index contributed by atoms with van der Waals surface area (Å²) in [5.41, 5.74) is 1.76. The number of likely N-dealkylation sites (tertiary alicyclic amines) is 1. The van der Waals surface area contributed by atoms with Crippen LogP contribution in [0.15, 0.2) is 35.5 Å². The van der Waals surface area contributed by atoms with Gasteiger partial charge in [0.2, 0.25) is 0 Å². The quantitative estimate of drug-likeness (QED) is 0.297. The predicted octanol–water partition coefficient (Wildman–Crippen LogP) is 2.33. The average Bonchev–Trinajstić information content (AvgIpc) is 2.65. The topological polar surface area (TPSA) is 60.4 Å². The molecule has 0 N–H and O–H groups in total. The molecule has 1 atom stereocenters. The molecule has 0 saturated carbocycles. The molecule has 0 aromatic heterocycles. The van der Waals surface area contributed by atoms with E-state index in [1.165, 1.54) is 0 Å². The molecule has 25 heavy (non-hydrogen) atoms. The summed E-state index contributed by atoms with van der Waals surface area (Å²) in [7, 11) is 1.64. The van der Waals surface area contributed by atoms with Gasteiger partial charge < -0.3 is 14.3 Å². The van der Waals surface area contributed by atoms with E-state index in [9.17, 15) is 4.79 Å². The third-order valence-corrected chi connectivity index (χ3v) is 4.19. The summed E-state index contributed by atoms with van der Waals surface area (Å²) in [5.74, 6) is -0.108. The molecule has 6 nitrogen and oxygen atoms in total. The number of carbonyl (C=O) groups excluding carboxylic acids is 1. The zero-order valence-corrected chi connectivity index (χ0v) is 15.1. The van der Waals surface area contributed by atoms with Gasteiger partial charge in [0.25, 0.3) is 0 Å². The molecule has 0 unspecified atom stereocenters. The minimum absolute atomic E-state index is 0.0226. The van der Waals surface area contributed by atoms with Gasteiger partial charge in [-0.05, 0) is 26.3 Å². The second kappa shape index (κ2) is 10.8. The van der Waals surface area contributed by atoms with Crippen molar-refractivity contribution in [3.63, 3.8) is 0 Å². The first-order valence-electron chi connectivity index (χ1n) is 8.86. The smallest absolute Gasteiger partial charge is 0.310 e. The Balaban J connectivity index is 1.79. The molecular weight excluding hydrogens is 320 g/mol. The third kappa shape index (κ3) is 6.48. The zero-order chi connectivity index (χ0) is 17.9. The van der Waals surface area contributed by atoms with Crippen molar-refractivity contribution in [3.8, 4) is 0 Å². The van der Waals surface area contributed by atoms with Crippen LogP contribution in [-0.2, 0) is 19.1 Å². The van der Waals surface area contributed by atoms with Crippen LogP contribution in [0.3, 0.4) is 0 Å². The van der Waals surface area contributed by atoms with Crippen molar-refractivity contribution in [2.45, 2.75) is 19.8 Å². The molecule has 2 rings (SSSR count). The summed E-state index contributed by atoms with van der Waals surface area (Å²) < 4.78 is 10.3. The fourth-order valence-corrected chi connectivity index (χ4v) is 2.93. The number of ether oxygens (including phenoxy) is 2. The molecular formula is C19H28N2O4. The minimum atomic E-state index is -0.0856. The highest BCUT2D eigenvalue weighted by Crippen LogP contribution is 2.17. The van der Waals surface area contributed by atoms with E-state index in [1.54, 1.807) is 7.11 Å². The minimum Gasteiger partial charge on any atom is -0.466 e. The van der Waals surface area contributed by atoms with Crippen LogP contribution >= 0.6 is 0 Å². The fourth-order valence-electron chi connectivity index (χ4n) is 2.93. The number of methoxy groups -OCH3 is 1. The molecule has 0 aliphatic carbocycles. The molecule has 0 bridgehead atoms. The Kier molecular flexibility index (Phi) is 8.42. The van der Waals surface area contributed by atoms with E-state index in [0.717, 1.165) is 43.8 Å². The number of benzene rings is 1. The van der Waals surface area contributed by atoms with Crippen LogP contribution in [0.5, 0.6) is 0 Å². The van der Waals surface area contributed by atoms with Crippen molar-refractivity contribution in [1.29, 1.82) is 0 Å². The number of oxime groups is 1. The van der Waals surface area contributed by atoms with E-state index in [2.05, 4.69) is 10.1 Å². The second-order valence-corrected chi connectivity index (χ2v) is 6.06. The van der Waals surface area contributed by atoms with Crippen molar-refractivity contribution in [3.05, 3.63) is 35.9 Å². The summed E-state index contributed by atoms with van der Waals surface area (Å²) in [6.45, 7) is 5.62. The molecule has 1 saturated heterocycles. The first-order chi connectivity index (χ1) is 12.2. The molecule has 0 spiro atoms. The summed E-state index contributed by atoms with van der Waals surface area (Å²) >= 11 is 0. The number of nitrogens with zero attached hydrogens (tertiary/aromatic N) is 2. The van der Waals surface area contributed by atoms with Crippen LogP contribution in [0.4, 0.5) is 0 Å². The van der Waals surface area contributed by atoms with Crippen molar-refractivity contribution in [2.75, 3.05) is 46.6 Å². The van der Waals surface area contributed by atoms with Gasteiger partial charge in [-0.2, -0.15) is 0 Å². The molecule has 0 radical (unpaired) electrons. The van der Waals surface area contributed by atoms with Crippen molar-refractivity contribution in [1.82, 2.24) is 4.90 Å². The number of piperidine rings is 1. The summed E-state index contributed by atoms with van der Waals surface area (Å²) in [4.78, 5) is 19.6. The molecule has 1 fully saturated rings. The molecule has 1 aliphatic rings. The van der Waals surface area contributed by atoms with E-state index in [-0.39, 0.29) is 11.9 Å². The number of rotatable bonds is 9. The summed E-state index contributed by atoms with van der Waals surface area (Å²) in [5, 5.41) is 4.23. The summed E-state index contributed by atoms with van der Waals surface area (Å²) in [6, 6.07) is 9.85. The van der Waals surface area contributed by atoms with Gasteiger partial charge in [-0.25, -0.2) is 0 Å². The Morgan fingerprint density at radius 2 is 2.12 bits per heavy atom. The lowest BCUT2D eigenvalue weighted by molar-refractivity contribution is -0.150. The first kappa shape index (κ1) is 19.4. The van der Waals surface area contributed by atoms with Gasteiger partial charge in [-0.1, -0.05) is 35.5 Å². The average molecular weight is 348 g/mol. The lowest BCUT2D eigenvalue weighted by Gasteiger charge is -2.30. The van der Waals surface area contributed by atoms with Crippen molar-refractivity contribution in [2.24, 2.45) is 11.1 Å². The number of hydrogen-bond acceptors (Lipinski definition) is 6. The van der Waals surface area contributed by atoms with E-state index in [4.69, 9.17) is 14.3 Å². The number of esters is 1. The molecule has 1 heterocycles. The normalized spacial score (nSPS) is 18.8. The lowest BCUT2D eigenvalue weighted by atomic mass is 9.98.